The zero-order valence-electron chi connectivity index (χ0n) is 13.8. The minimum absolute atomic E-state index is 0.0298. The number of allylic oxidation sites excluding steroid dienone is 2. The number of rotatable bonds is 1. The van der Waals surface area contributed by atoms with E-state index in [2.05, 4.69) is 4.90 Å². The van der Waals surface area contributed by atoms with Crippen molar-refractivity contribution in [1.29, 1.82) is 0 Å². The van der Waals surface area contributed by atoms with Crippen LogP contribution in [0.1, 0.15) is 34.3 Å². The molecule has 2 aromatic rings. The van der Waals surface area contributed by atoms with Gasteiger partial charge in [0.25, 0.3) is 0 Å². The highest BCUT2D eigenvalue weighted by Crippen LogP contribution is 2.36. The van der Waals surface area contributed by atoms with Crippen molar-refractivity contribution in [3.8, 4) is 0 Å². The Morgan fingerprint density at radius 2 is 1.48 bits per heavy atom. The fourth-order valence-electron chi connectivity index (χ4n) is 3.75. The summed E-state index contributed by atoms with van der Waals surface area (Å²) in [6.45, 7) is 1.97. The highest BCUT2D eigenvalue weighted by atomic mass is 16.1. The molecule has 0 N–H and O–H groups in total. The van der Waals surface area contributed by atoms with E-state index in [4.69, 9.17) is 9.98 Å². The van der Waals surface area contributed by atoms with E-state index in [0.717, 1.165) is 41.6 Å². The van der Waals surface area contributed by atoms with Crippen molar-refractivity contribution < 1.29 is 4.79 Å². The van der Waals surface area contributed by atoms with Gasteiger partial charge in [0.05, 0.1) is 5.57 Å². The van der Waals surface area contributed by atoms with Gasteiger partial charge in [-0.1, -0.05) is 54.6 Å². The van der Waals surface area contributed by atoms with Gasteiger partial charge in [0, 0.05) is 24.2 Å². The number of guanidine groups is 1. The summed E-state index contributed by atoms with van der Waals surface area (Å²) in [6.07, 6.45) is 2.34. The summed E-state index contributed by atoms with van der Waals surface area (Å²) in [5, 5.41) is 0. The maximum Gasteiger partial charge on any atom is 0.226 e. The Hall–Kier alpha value is -3.01. The molecule has 25 heavy (non-hydrogen) atoms. The van der Waals surface area contributed by atoms with Crippen molar-refractivity contribution in [1.82, 2.24) is 4.90 Å². The van der Waals surface area contributed by atoms with Crippen LogP contribution in [0.2, 0.25) is 0 Å². The van der Waals surface area contributed by atoms with Crippen LogP contribution in [0, 0.1) is 0 Å². The van der Waals surface area contributed by atoms with Crippen molar-refractivity contribution in [2.24, 2.45) is 9.98 Å². The van der Waals surface area contributed by atoms with Crippen LogP contribution >= 0.6 is 0 Å². The van der Waals surface area contributed by atoms with E-state index in [-0.39, 0.29) is 5.78 Å². The SMILES string of the molecule is O=C1C(c2ccccc2)=C2N=C(N3CCCC3)N=C2c2ccccc21. The first-order valence-corrected chi connectivity index (χ1v) is 8.69. The number of aliphatic imine (C=N–C) groups is 2. The van der Waals surface area contributed by atoms with E-state index < -0.39 is 0 Å². The summed E-state index contributed by atoms with van der Waals surface area (Å²) in [7, 11) is 0. The molecule has 5 rings (SSSR count). The maximum atomic E-state index is 13.2. The molecule has 0 saturated carbocycles. The monoisotopic (exact) mass is 327 g/mol. The Labute approximate surface area is 146 Å². The van der Waals surface area contributed by atoms with Crippen LogP contribution in [0.3, 0.4) is 0 Å². The number of nitrogens with zero attached hydrogens (tertiary/aromatic N) is 3. The molecule has 2 heterocycles. The van der Waals surface area contributed by atoms with Gasteiger partial charge in [-0.05, 0) is 18.4 Å². The molecule has 1 fully saturated rings. The third-order valence-corrected chi connectivity index (χ3v) is 4.99. The van der Waals surface area contributed by atoms with Crippen LogP contribution in [0.4, 0.5) is 0 Å². The third-order valence-electron chi connectivity index (χ3n) is 4.99. The molecule has 0 unspecified atom stereocenters. The Balaban J connectivity index is 1.75. The molecular formula is C21H17N3O. The summed E-state index contributed by atoms with van der Waals surface area (Å²) in [5.41, 5.74) is 4.71. The lowest BCUT2D eigenvalue weighted by Gasteiger charge is -2.19. The van der Waals surface area contributed by atoms with Gasteiger partial charge in [0.2, 0.25) is 5.96 Å². The third kappa shape index (κ3) is 2.18. The lowest BCUT2D eigenvalue weighted by molar-refractivity contribution is 0.105. The number of hydrogen-bond acceptors (Lipinski definition) is 4. The van der Waals surface area contributed by atoms with Crippen LogP contribution in [0.15, 0.2) is 70.3 Å². The zero-order valence-corrected chi connectivity index (χ0v) is 13.8. The quantitative estimate of drug-likeness (QED) is 0.804. The normalized spacial score (nSPS) is 18.9. The second kappa shape index (κ2) is 5.52. The molecule has 0 amide bonds. The van der Waals surface area contributed by atoms with Gasteiger partial charge in [-0.15, -0.1) is 0 Å². The van der Waals surface area contributed by atoms with Gasteiger partial charge in [-0.3, -0.25) is 4.79 Å². The van der Waals surface area contributed by atoms with Crippen molar-refractivity contribution in [2.45, 2.75) is 12.8 Å². The van der Waals surface area contributed by atoms with Crippen LogP contribution in [-0.2, 0) is 0 Å². The highest BCUT2D eigenvalue weighted by Gasteiger charge is 2.35. The molecule has 3 aliphatic rings. The molecule has 4 nitrogen and oxygen atoms in total. The van der Waals surface area contributed by atoms with E-state index in [0.29, 0.717) is 11.1 Å². The number of benzene rings is 2. The van der Waals surface area contributed by atoms with Gasteiger partial charge in [-0.25, -0.2) is 9.98 Å². The van der Waals surface area contributed by atoms with Crippen molar-refractivity contribution >= 4 is 23.0 Å². The molecule has 4 heteroatoms. The van der Waals surface area contributed by atoms with Crippen molar-refractivity contribution in [3.05, 3.63) is 77.0 Å². The van der Waals surface area contributed by atoms with Gasteiger partial charge in [0.1, 0.15) is 11.4 Å². The standard InChI is InChI=1S/C21H17N3O/c25-20-16-11-5-4-10-15(16)18-19(17(20)14-8-2-1-3-9-14)23-21(22-18)24-12-6-7-13-24/h1-5,8-11H,6-7,12-13H2. The van der Waals surface area contributed by atoms with Crippen LogP contribution in [0.5, 0.6) is 0 Å². The lowest BCUT2D eigenvalue weighted by atomic mass is 9.84. The number of hydrogen-bond donors (Lipinski definition) is 0. The van der Waals surface area contributed by atoms with E-state index in [1.54, 1.807) is 0 Å². The van der Waals surface area contributed by atoms with Crippen LogP contribution in [0.25, 0.3) is 5.57 Å². The molecule has 0 aromatic heterocycles. The summed E-state index contributed by atoms with van der Waals surface area (Å²) in [5.74, 6) is 0.780. The van der Waals surface area contributed by atoms with Crippen molar-refractivity contribution in [3.63, 3.8) is 0 Å². The minimum Gasteiger partial charge on any atom is -0.341 e. The predicted octanol–water partition coefficient (Wildman–Crippen LogP) is 3.55. The van der Waals surface area contributed by atoms with E-state index in [1.165, 1.54) is 12.8 Å². The average molecular weight is 327 g/mol. The second-order valence-corrected chi connectivity index (χ2v) is 6.53. The summed E-state index contributed by atoms with van der Waals surface area (Å²) in [6, 6.07) is 17.5. The molecule has 2 aromatic carbocycles. The molecule has 2 aliphatic heterocycles. The Kier molecular flexibility index (Phi) is 3.17. The minimum atomic E-state index is 0.0298. The van der Waals surface area contributed by atoms with Crippen molar-refractivity contribution in [2.75, 3.05) is 13.1 Å². The molecule has 0 atom stereocenters. The van der Waals surface area contributed by atoms with Gasteiger partial charge in [-0.2, -0.15) is 0 Å². The number of carbonyl (C=O) groups excluding carboxylic acids is 1. The maximum absolute atomic E-state index is 13.2. The Bertz CT molecular complexity index is 964. The first kappa shape index (κ1) is 14.3. The molecule has 1 aliphatic carbocycles. The molecule has 0 spiro atoms. The van der Waals surface area contributed by atoms with E-state index >= 15 is 0 Å². The van der Waals surface area contributed by atoms with Crippen LogP contribution in [-0.4, -0.2) is 35.4 Å². The smallest absolute Gasteiger partial charge is 0.226 e. The first-order valence-electron chi connectivity index (χ1n) is 8.69. The van der Waals surface area contributed by atoms with E-state index in [1.807, 2.05) is 54.6 Å². The number of fused-ring (bicyclic) bond motifs is 3. The van der Waals surface area contributed by atoms with Crippen LogP contribution < -0.4 is 0 Å². The number of ketones is 1. The molecule has 122 valence electrons. The number of Topliss-reactive ketones (excluding diaryl/α,β-unsaturated/α-hetero) is 1. The van der Waals surface area contributed by atoms with Gasteiger partial charge < -0.3 is 4.90 Å². The Morgan fingerprint density at radius 1 is 0.800 bits per heavy atom. The summed E-state index contributed by atoms with van der Waals surface area (Å²) >= 11 is 0. The van der Waals surface area contributed by atoms with E-state index in [9.17, 15) is 4.79 Å². The first-order chi connectivity index (χ1) is 12.3. The topological polar surface area (TPSA) is 45.0 Å². The van der Waals surface area contributed by atoms with Gasteiger partial charge >= 0.3 is 0 Å². The second-order valence-electron chi connectivity index (χ2n) is 6.53. The largest absolute Gasteiger partial charge is 0.341 e. The predicted molar refractivity (Wildman–Crippen MR) is 98.9 cm³/mol. The fraction of sp³-hybridized carbons (Fsp3) is 0.190. The average Bonchev–Trinajstić information content (AvgIpc) is 3.33. The number of likely N-dealkylation sites (tertiary alicyclic amines) is 1. The fourth-order valence-corrected chi connectivity index (χ4v) is 3.75. The number of carbonyl (C=O) groups is 1. The summed E-state index contributed by atoms with van der Waals surface area (Å²) in [4.78, 5) is 25.0. The summed E-state index contributed by atoms with van der Waals surface area (Å²) < 4.78 is 0. The molecule has 0 bridgehead atoms. The zero-order chi connectivity index (χ0) is 16.8. The molecular weight excluding hydrogens is 310 g/mol. The molecule has 1 saturated heterocycles. The lowest BCUT2D eigenvalue weighted by Crippen LogP contribution is -2.25. The Morgan fingerprint density at radius 3 is 2.24 bits per heavy atom. The highest BCUT2D eigenvalue weighted by molar-refractivity contribution is 6.43. The van der Waals surface area contributed by atoms with Gasteiger partial charge in [0.15, 0.2) is 5.78 Å². The molecule has 0 radical (unpaired) electrons.